The number of thioether (sulfide) groups is 1. The number of benzene rings is 4. The Morgan fingerprint density at radius 3 is 2.31 bits per heavy atom. The molecule has 1 fully saturated rings. The van der Waals surface area contributed by atoms with Gasteiger partial charge in [0, 0.05) is 37.1 Å². The van der Waals surface area contributed by atoms with Gasteiger partial charge in [0.15, 0.2) is 10.6 Å². The molecule has 9 nitrogen and oxygen atoms in total. The highest BCUT2D eigenvalue weighted by Crippen LogP contribution is 2.40. The summed E-state index contributed by atoms with van der Waals surface area (Å²) in [6, 6.07) is 31.1. The Bertz CT molecular complexity index is 1810. The fourth-order valence-electron chi connectivity index (χ4n) is 5.58. The molecule has 3 atom stereocenters. The maximum absolute atomic E-state index is 12.5. The molecule has 6 rings (SSSR count). The molecule has 0 radical (unpaired) electrons. The third kappa shape index (κ3) is 9.68. The molecule has 0 unspecified atom stereocenters. The zero-order chi connectivity index (χ0) is 34.0. The van der Waals surface area contributed by atoms with Crippen LogP contribution < -0.4 is 16.4 Å². The van der Waals surface area contributed by atoms with E-state index >= 15 is 0 Å². The zero-order valence-electron chi connectivity index (χ0n) is 27.0. The van der Waals surface area contributed by atoms with Crippen LogP contribution >= 0.6 is 23.1 Å². The first kappa shape index (κ1) is 34.6. The van der Waals surface area contributed by atoms with Crippen LogP contribution in [0.25, 0.3) is 10.2 Å². The molecule has 5 N–H and O–H groups in total. The van der Waals surface area contributed by atoms with Crippen LogP contribution in [0.4, 0.5) is 11.4 Å². The second-order valence-electron chi connectivity index (χ2n) is 12.0. The average Bonchev–Trinajstić information content (AvgIpc) is 3.56. The standard InChI is InChI=1S/C38H40N4O5S2/c39-30-7-1-2-8-31(30)41-36(45)12-6-5-11-35(44)40-22-25-13-19-28(20-14-25)37-46-29(21-33(47-37)27-17-15-26(23-43)16-18-27)24-48-38-42-32-9-3-4-10-34(32)49-38/h1-4,7-10,13-20,29,33,37,43H,5-6,11-12,21-24,39H2,(H,40,44)(H,41,45)/t29-,33+,37+/m0/s1. The van der Waals surface area contributed by atoms with Gasteiger partial charge in [-0.25, -0.2) is 4.98 Å². The third-order valence-corrected chi connectivity index (χ3v) is 10.6. The van der Waals surface area contributed by atoms with Gasteiger partial charge in [-0.1, -0.05) is 84.6 Å². The number of hydrogen-bond donors (Lipinski definition) is 4. The number of thiazole rings is 1. The minimum atomic E-state index is -0.559. The van der Waals surface area contributed by atoms with Gasteiger partial charge >= 0.3 is 0 Å². The van der Waals surface area contributed by atoms with Gasteiger partial charge in [-0.05, 0) is 53.8 Å². The number of ether oxygens (including phenoxy) is 2. The fourth-order valence-corrected chi connectivity index (χ4v) is 7.69. The van der Waals surface area contributed by atoms with Crippen LogP contribution in [0.2, 0.25) is 0 Å². The number of nitrogens with one attached hydrogen (secondary N) is 2. The van der Waals surface area contributed by atoms with Crippen molar-refractivity contribution in [2.45, 2.75) is 68.1 Å². The molecular formula is C38H40N4O5S2. The SMILES string of the molecule is Nc1ccccc1NC(=O)CCCCC(=O)NCc1ccc([C@@H]2O[C@H](CSc3nc4ccccc4s3)C[C@H](c3ccc(CO)cc3)O2)cc1. The van der Waals surface area contributed by atoms with E-state index in [0.29, 0.717) is 50.0 Å². The molecule has 0 aliphatic carbocycles. The van der Waals surface area contributed by atoms with Gasteiger partial charge in [0.05, 0.1) is 40.4 Å². The Labute approximate surface area is 294 Å². The number of nitrogens with two attached hydrogens (primary N) is 1. The van der Waals surface area contributed by atoms with Crippen LogP contribution in [0.15, 0.2) is 101 Å². The Morgan fingerprint density at radius 1 is 0.857 bits per heavy atom. The van der Waals surface area contributed by atoms with Crippen LogP contribution in [0.1, 0.15) is 66.8 Å². The molecular weight excluding hydrogens is 657 g/mol. The Kier molecular flexibility index (Phi) is 11.9. The predicted molar refractivity (Wildman–Crippen MR) is 195 cm³/mol. The van der Waals surface area contributed by atoms with Crippen LogP contribution in [0.3, 0.4) is 0 Å². The van der Waals surface area contributed by atoms with Gasteiger partial charge in [-0.15, -0.1) is 11.3 Å². The first-order valence-electron chi connectivity index (χ1n) is 16.4. The highest BCUT2D eigenvalue weighted by Gasteiger charge is 2.32. The van der Waals surface area contributed by atoms with Crippen LogP contribution in [-0.2, 0) is 32.2 Å². The van der Waals surface area contributed by atoms with Crippen LogP contribution in [-0.4, -0.2) is 33.8 Å². The number of anilines is 2. The Hall–Kier alpha value is -4.26. The van der Waals surface area contributed by atoms with Crippen molar-refractivity contribution >= 4 is 56.5 Å². The second kappa shape index (κ2) is 16.9. The van der Waals surface area contributed by atoms with E-state index in [0.717, 1.165) is 37.9 Å². The summed E-state index contributed by atoms with van der Waals surface area (Å²) >= 11 is 3.39. The molecule has 0 bridgehead atoms. The molecule has 1 aromatic heterocycles. The smallest absolute Gasteiger partial charge is 0.224 e. The summed E-state index contributed by atoms with van der Waals surface area (Å²) < 4.78 is 15.2. The van der Waals surface area contributed by atoms with Crippen molar-refractivity contribution in [2.75, 3.05) is 16.8 Å². The van der Waals surface area contributed by atoms with E-state index < -0.39 is 6.29 Å². The number of rotatable bonds is 14. The number of nitrogen functional groups attached to an aromatic ring is 1. The normalized spacial score (nSPS) is 17.5. The number of aliphatic hydroxyl groups excluding tert-OH is 1. The zero-order valence-corrected chi connectivity index (χ0v) is 28.7. The largest absolute Gasteiger partial charge is 0.397 e. The van der Waals surface area contributed by atoms with E-state index in [9.17, 15) is 14.7 Å². The van der Waals surface area contributed by atoms with E-state index in [1.165, 1.54) is 4.70 Å². The molecule has 4 aromatic carbocycles. The number of unbranched alkanes of at least 4 members (excludes halogenated alkanes) is 1. The lowest BCUT2D eigenvalue weighted by atomic mass is 10.0. The van der Waals surface area contributed by atoms with Crippen LogP contribution in [0, 0.1) is 0 Å². The highest BCUT2D eigenvalue weighted by molar-refractivity contribution is 8.01. The Morgan fingerprint density at radius 2 is 1.55 bits per heavy atom. The molecule has 2 amide bonds. The summed E-state index contributed by atoms with van der Waals surface area (Å²) in [5, 5.41) is 15.3. The lowest BCUT2D eigenvalue weighted by Gasteiger charge is -2.36. The van der Waals surface area contributed by atoms with Crippen LogP contribution in [0.5, 0.6) is 0 Å². The van der Waals surface area contributed by atoms with Gasteiger partial charge in [0.25, 0.3) is 0 Å². The second-order valence-corrected chi connectivity index (χ2v) is 14.3. The number of nitrogens with zero attached hydrogens (tertiary/aromatic N) is 1. The van der Waals surface area contributed by atoms with E-state index in [1.54, 1.807) is 35.2 Å². The third-order valence-electron chi connectivity index (χ3n) is 8.32. The van der Waals surface area contributed by atoms with E-state index in [-0.39, 0.29) is 30.6 Å². The number of amides is 2. The summed E-state index contributed by atoms with van der Waals surface area (Å²) in [6.07, 6.45) is 1.79. The summed E-state index contributed by atoms with van der Waals surface area (Å²) in [6.45, 7) is 0.399. The molecule has 5 aromatic rings. The lowest BCUT2D eigenvalue weighted by Crippen LogP contribution is -2.31. The number of fused-ring (bicyclic) bond motifs is 1. The molecule has 254 valence electrons. The van der Waals surface area contributed by atoms with Gasteiger partial charge in [-0.3, -0.25) is 9.59 Å². The maximum Gasteiger partial charge on any atom is 0.224 e. The minimum absolute atomic E-state index is 0.00402. The van der Waals surface area contributed by atoms with E-state index in [1.807, 2.05) is 78.9 Å². The van der Waals surface area contributed by atoms with Gasteiger partial charge in [-0.2, -0.15) is 0 Å². The van der Waals surface area contributed by atoms with Gasteiger partial charge < -0.3 is 30.9 Å². The van der Waals surface area contributed by atoms with Crippen molar-refractivity contribution in [2.24, 2.45) is 0 Å². The van der Waals surface area contributed by atoms with Crippen molar-refractivity contribution in [3.63, 3.8) is 0 Å². The number of aliphatic hydroxyl groups is 1. The van der Waals surface area contributed by atoms with Gasteiger partial charge in [0.1, 0.15) is 0 Å². The van der Waals surface area contributed by atoms with E-state index in [4.69, 9.17) is 20.2 Å². The first-order valence-corrected chi connectivity index (χ1v) is 18.2. The first-order chi connectivity index (χ1) is 23.9. The monoisotopic (exact) mass is 696 g/mol. The van der Waals surface area contributed by atoms with Crippen molar-refractivity contribution < 1.29 is 24.2 Å². The lowest BCUT2D eigenvalue weighted by molar-refractivity contribution is -0.245. The number of para-hydroxylation sites is 3. The predicted octanol–water partition coefficient (Wildman–Crippen LogP) is 7.52. The summed E-state index contributed by atoms with van der Waals surface area (Å²) in [5.41, 5.74) is 11.8. The maximum atomic E-state index is 12.5. The average molecular weight is 697 g/mol. The minimum Gasteiger partial charge on any atom is -0.397 e. The molecule has 2 heterocycles. The number of carbonyl (C=O) groups excluding carboxylic acids is 2. The molecule has 0 spiro atoms. The number of aromatic nitrogens is 1. The molecule has 1 aliphatic heterocycles. The Balaban J connectivity index is 1.00. The van der Waals surface area contributed by atoms with Gasteiger partial charge in [0.2, 0.25) is 11.8 Å². The van der Waals surface area contributed by atoms with Crippen molar-refractivity contribution in [1.82, 2.24) is 10.3 Å². The highest BCUT2D eigenvalue weighted by atomic mass is 32.2. The number of carbonyl (C=O) groups is 2. The van der Waals surface area contributed by atoms with E-state index in [2.05, 4.69) is 16.7 Å². The summed E-state index contributed by atoms with van der Waals surface area (Å²) in [7, 11) is 0. The molecule has 0 saturated carbocycles. The van der Waals surface area contributed by atoms with Crippen molar-refractivity contribution in [1.29, 1.82) is 0 Å². The van der Waals surface area contributed by atoms with Crippen molar-refractivity contribution in [3.05, 3.63) is 119 Å². The molecule has 1 saturated heterocycles. The number of hydrogen-bond acceptors (Lipinski definition) is 9. The quantitative estimate of drug-likeness (QED) is 0.0532. The summed E-state index contributed by atoms with van der Waals surface area (Å²) in [4.78, 5) is 29.5. The molecule has 11 heteroatoms. The topological polar surface area (TPSA) is 136 Å². The molecule has 1 aliphatic rings. The summed E-state index contributed by atoms with van der Waals surface area (Å²) in [5.74, 6) is 0.564. The van der Waals surface area contributed by atoms with Crippen molar-refractivity contribution in [3.8, 4) is 0 Å². The fraction of sp³-hybridized carbons (Fsp3) is 0.289. The molecule has 49 heavy (non-hydrogen) atoms.